The molecule has 2 rings (SSSR count). The second-order valence-corrected chi connectivity index (χ2v) is 7.59. The van der Waals surface area contributed by atoms with E-state index in [1.54, 1.807) is 18.2 Å². The molecular weight excluding hydrogens is 314 g/mol. The zero-order valence-electron chi connectivity index (χ0n) is 13.8. The first-order valence-corrected chi connectivity index (χ1v) is 9.02. The van der Waals surface area contributed by atoms with Gasteiger partial charge in [0.15, 0.2) is 6.39 Å². The number of oxazole rings is 1. The van der Waals surface area contributed by atoms with Gasteiger partial charge in [-0.15, -0.1) is 0 Å². The van der Waals surface area contributed by atoms with Gasteiger partial charge in [-0.05, 0) is 31.7 Å². The normalized spacial score (nSPS) is 13.4. The van der Waals surface area contributed by atoms with E-state index in [-0.39, 0.29) is 16.9 Å². The van der Waals surface area contributed by atoms with Crippen molar-refractivity contribution in [2.75, 3.05) is 7.05 Å². The minimum atomic E-state index is -3.44. The van der Waals surface area contributed by atoms with E-state index in [9.17, 15) is 8.42 Å². The van der Waals surface area contributed by atoms with Crippen LogP contribution in [0.5, 0.6) is 0 Å². The van der Waals surface area contributed by atoms with Crippen LogP contribution in [0.2, 0.25) is 0 Å². The molecule has 1 aromatic heterocycles. The molecule has 1 heterocycles. The van der Waals surface area contributed by atoms with Gasteiger partial charge in [-0.2, -0.15) is 0 Å². The number of benzene rings is 1. The lowest BCUT2D eigenvalue weighted by Crippen LogP contribution is -2.21. The van der Waals surface area contributed by atoms with Crippen molar-refractivity contribution >= 4 is 10.0 Å². The molecule has 0 unspecified atom stereocenters. The number of hydrogen-bond acceptors (Lipinski definition) is 5. The van der Waals surface area contributed by atoms with Crippen molar-refractivity contribution in [1.82, 2.24) is 15.0 Å². The first-order valence-electron chi connectivity index (χ1n) is 7.54. The first-order chi connectivity index (χ1) is 10.8. The fourth-order valence-electron chi connectivity index (χ4n) is 2.32. The summed E-state index contributed by atoms with van der Waals surface area (Å²) in [6, 6.07) is 6.89. The number of hydrogen-bond donors (Lipinski definition) is 2. The fraction of sp³-hybridized carbons (Fsp3) is 0.438. The van der Waals surface area contributed by atoms with Crippen LogP contribution in [0, 0.1) is 0 Å². The predicted molar refractivity (Wildman–Crippen MR) is 88.5 cm³/mol. The minimum absolute atomic E-state index is 0.0151. The molecule has 0 saturated heterocycles. The Kier molecular flexibility index (Phi) is 5.56. The summed E-state index contributed by atoms with van der Waals surface area (Å²) in [7, 11) is -2.03. The summed E-state index contributed by atoms with van der Waals surface area (Å²) >= 11 is 0. The van der Waals surface area contributed by atoms with E-state index in [4.69, 9.17) is 4.42 Å². The molecule has 126 valence electrons. The zero-order valence-corrected chi connectivity index (χ0v) is 14.6. The van der Waals surface area contributed by atoms with Gasteiger partial charge in [0, 0.05) is 18.5 Å². The van der Waals surface area contributed by atoms with Crippen LogP contribution < -0.4 is 10.0 Å². The summed E-state index contributed by atoms with van der Waals surface area (Å²) < 4.78 is 31.5. The van der Waals surface area contributed by atoms with Gasteiger partial charge in [-0.3, -0.25) is 0 Å². The zero-order chi connectivity index (χ0) is 17.0. The molecule has 1 aromatic carbocycles. The SMILES string of the molecule is CNS(=O)(=O)c1cccc([C@H](C)NCc2ncoc2C(C)C)c1. The first kappa shape index (κ1) is 17.7. The number of nitrogens with one attached hydrogen (secondary N) is 2. The third-order valence-corrected chi connectivity index (χ3v) is 5.12. The van der Waals surface area contributed by atoms with E-state index in [1.807, 2.05) is 13.0 Å². The summed E-state index contributed by atoms with van der Waals surface area (Å²) in [4.78, 5) is 4.50. The Morgan fingerprint density at radius 1 is 1.26 bits per heavy atom. The average Bonchev–Trinajstić information content (AvgIpc) is 3.01. The van der Waals surface area contributed by atoms with Crippen LogP contribution in [0.25, 0.3) is 0 Å². The van der Waals surface area contributed by atoms with Crippen LogP contribution in [-0.4, -0.2) is 20.4 Å². The van der Waals surface area contributed by atoms with Crippen molar-refractivity contribution in [3.63, 3.8) is 0 Å². The largest absolute Gasteiger partial charge is 0.448 e. The van der Waals surface area contributed by atoms with E-state index in [0.717, 1.165) is 17.0 Å². The summed E-state index contributed by atoms with van der Waals surface area (Å²) in [6.45, 7) is 6.66. The number of rotatable bonds is 7. The average molecular weight is 337 g/mol. The maximum Gasteiger partial charge on any atom is 0.240 e. The molecule has 0 aliphatic carbocycles. The number of sulfonamides is 1. The molecule has 0 fully saturated rings. The Morgan fingerprint density at radius 3 is 2.65 bits per heavy atom. The van der Waals surface area contributed by atoms with Gasteiger partial charge in [0.25, 0.3) is 0 Å². The Balaban J connectivity index is 2.11. The second-order valence-electron chi connectivity index (χ2n) is 5.70. The molecule has 2 aromatic rings. The molecule has 0 spiro atoms. The lowest BCUT2D eigenvalue weighted by Gasteiger charge is -2.15. The lowest BCUT2D eigenvalue weighted by molar-refractivity contribution is 0.473. The van der Waals surface area contributed by atoms with E-state index < -0.39 is 10.0 Å². The maximum absolute atomic E-state index is 11.9. The van der Waals surface area contributed by atoms with Gasteiger partial charge in [-0.25, -0.2) is 18.1 Å². The molecule has 2 N–H and O–H groups in total. The molecule has 0 radical (unpaired) electrons. The number of aromatic nitrogens is 1. The molecule has 1 atom stereocenters. The monoisotopic (exact) mass is 337 g/mol. The molecule has 6 nitrogen and oxygen atoms in total. The van der Waals surface area contributed by atoms with E-state index in [2.05, 4.69) is 28.9 Å². The van der Waals surface area contributed by atoms with E-state index in [0.29, 0.717) is 6.54 Å². The topological polar surface area (TPSA) is 84.2 Å². The summed E-state index contributed by atoms with van der Waals surface area (Å²) in [5, 5.41) is 3.36. The quantitative estimate of drug-likeness (QED) is 0.811. The third kappa shape index (κ3) is 4.19. The molecular formula is C16H23N3O3S. The summed E-state index contributed by atoms with van der Waals surface area (Å²) in [5.74, 6) is 1.14. The van der Waals surface area contributed by atoms with Crippen molar-refractivity contribution in [2.24, 2.45) is 0 Å². The van der Waals surface area contributed by atoms with Crippen molar-refractivity contribution in [2.45, 2.75) is 44.2 Å². The third-order valence-electron chi connectivity index (χ3n) is 3.71. The second kappa shape index (κ2) is 7.25. The van der Waals surface area contributed by atoms with Crippen LogP contribution >= 0.6 is 0 Å². The van der Waals surface area contributed by atoms with E-state index in [1.165, 1.54) is 13.4 Å². The van der Waals surface area contributed by atoms with Crippen LogP contribution in [0.4, 0.5) is 0 Å². The van der Waals surface area contributed by atoms with Crippen molar-refractivity contribution < 1.29 is 12.8 Å². The Hall–Kier alpha value is -1.70. The van der Waals surface area contributed by atoms with E-state index >= 15 is 0 Å². The Morgan fingerprint density at radius 2 is 2.00 bits per heavy atom. The molecule has 7 heteroatoms. The maximum atomic E-state index is 11.9. The smallest absolute Gasteiger partial charge is 0.240 e. The van der Waals surface area contributed by atoms with Gasteiger partial charge in [-0.1, -0.05) is 26.0 Å². The highest BCUT2D eigenvalue weighted by Crippen LogP contribution is 2.21. The predicted octanol–water partition coefficient (Wildman–Crippen LogP) is 2.56. The highest BCUT2D eigenvalue weighted by Gasteiger charge is 2.16. The molecule has 0 bridgehead atoms. The van der Waals surface area contributed by atoms with Crippen molar-refractivity contribution in [1.29, 1.82) is 0 Å². The van der Waals surface area contributed by atoms with Gasteiger partial charge < -0.3 is 9.73 Å². The Bertz CT molecular complexity index is 753. The highest BCUT2D eigenvalue weighted by molar-refractivity contribution is 7.89. The molecule has 0 amide bonds. The number of nitrogens with zero attached hydrogens (tertiary/aromatic N) is 1. The summed E-state index contributed by atoms with van der Waals surface area (Å²) in [6.07, 6.45) is 1.46. The van der Waals surface area contributed by atoms with Gasteiger partial charge in [0.1, 0.15) is 5.76 Å². The lowest BCUT2D eigenvalue weighted by atomic mass is 10.1. The van der Waals surface area contributed by atoms with Crippen LogP contribution in [0.3, 0.4) is 0 Å². The van der Waals surface area contributed by atoms with Crippen molar-refractivity contribution in [3.8, 4) is 0 Å². The minimum Gasteiger partial charge on any atom is -0.448 e. The van der Waals surface area contributed by atoms with Crippen LogP contribution in [0.1, 0.15) is 49.7 Å². The molecule has 0 aliphatic rings. The van der Waals surface area contributed by atoms with Crippen LogP contribution in [0.15, 0.2) is 40.0 Å². The molecule has 0 saturated carbocycles. The molecule has 23 heavy (non-hydrogen) atoms. The standard InChI is InChI=1S/C16H23N3O3S/c1-11(2)16-15(19-10-22-16)9-18-12(3)13-6-5-7-14(8-13)23(20,21)17-4/h5-8,10-12,17-18H,9H2,1-4H3/t12-/m0/s1. The van der Waals surface area contributed by atoms with Crippen LogP contribution in [-0.2, 0) is 16.6 Å². The summed E-state index contributed by atoms with van der Waals surface area (Å²) in [5.41, 5.74) is 1.78. The fourth-order valence-corrected chi connectivity index (χ4v) is 3.10. The Labute approximate surface area is 137 Å². The van der Waals surface area contributed by atoms with Gasteiger partial charge in [0.05, 0.1) is 10.6 Å². The van der Waals surface area contributed by atoms with Crippen molar-refractivity contribution in [3.05, 3.63) is 47.7 Å². The highest BCUT2D eigenvalue weighted by atomic mass is 32.2. The van der Waals surface area contributed by atoms with Gasteiger partial charge >= 0.3 is 0 Å². The van der Waals surface area contributed by atoms with Gasteiger partial charge in [0.2, 0.25) is 10.0 Å². The molecule has 0 aliphatic heterocycles.